The molecular weight excluding hydrogens is 184 g/mol. The van der Waals surface area contributed by atoms with Gasteiger partial charge in [-0.1, -0.05) is 0 Å². The molecular formula is C9H20N2OS. The third kappa shape index (κ3) is 3.75. The van der Waals surface area contributed by atoms with Gasteiger partial charge in [-0.25, -0.2) is 0 Å². The Kier molecular flexibility index (Phi) is 4.91. The lowest BCUT2D eigenvalue weighted by molar-refractivity contribution is 0.218. The highest BCUT2D eigenvalue weighted by atomic mass is 32.2. The van der Waals surface area contributed by atoms with Crippen LogP contribution in [0.5, 0.6) is 0 Å². The Morgan fingerprint density at radius 3 is 2.62 bits per heavy atom. The molecule has 1 rings (SSSR count). The average molecular weight is 204 g/mol. The van der Waals surface area contributed by atoms with Gasteiger partial charge in [0.15, 0.2) is 0 Å². The topological polar surface area (TPSA) is 32.3 Å². The molecule has 1 heterocycles. The molecule has 0 spiro atoms. The van der Waals surface area contributed by atoms with E-state index in [-0.39, 0.29) is 0 Å². The molecule has 0 radical (unpaired) electrons. The Morgan fingerprint density at radius 1 is 1.46 bits per heavy atom. The van der Waals surface area contributed by atoms with Crippen molar-refractivity contribution in [2.75, 3.05) is 38.2 Å². The summed E-state index contributed by atoms with van der Waals surface area (Å²) in [5, 5.41) is 3.16. The summed E-state index contributed by atoms with van der Waals surface area (Å²) in [6.07, 6.45) is 1.18. The summed E-state index contributed by atoms with van der Waals surface area (Å²) < 4.78 is 11.1. The molecule has 0 aromatic rings. The van der Waals surface area contributed by atoms with E-state index in [0.717, 1.165) is 31.1 Å². The zero-order chi connectivity index (χ0) is 9.68. The minimum absolute atomic E-state index is 0.540. The number of hydrogen-bond acceptors (Lipinski definition) is 3. The van der Waals surface area contributed by atoms with Crippen molar-refractivity contribution in [3.63, 3.8) is 0 Å². The molecule has 0 aromatic heterocycles. The number of hydrogen-bond donors (Lipinski definition) is 1. The Morgan fingerprint density at radius 2 is 2.08 bits per heavy atom. The van der Waals surface area contributed by atoms with Crippen LogP contribution < -0.4 is 5.32 Å². The third-order valence-electron chi connectivity index (χ3n) is 2.65. The summed E-state index contributed by atoms with van der Waals surface area (Å²) in [4.78, 5) is 2.44. The van der Waals surface area contributed by atoms with Gasteiger partial charge in [0.1, 0.15) is 0 Å². The van der Waals surface area contributed by atoms with E-state index in [1.54, 1.807) is 0 Å². The second-order valence-corrected chi connectivity index (χ2v) is 5.32. The molecule has 13 heavy (non-hydrogen) atoms. The van der Waals surface area contributed by atoms with Crippen molar-refractivity contribution in [2.45, 2.75) is 19.4 Å². The normalized spacial score (nSPS) is 23.2. The van der Waals surface area contributed by atoms with Crippen molar-refractivity contribution in [1.82, 2.24) is 10.2 Å². The first-order valence-corrected chi connectivity index (χ1v) is 6.46. The van der Waals surface area contributed by atoms with Crippen LogP contribution in [0.4, 0.5) is 0 Å². The average Bonchev–Trinajstić information content (AvgIpc) is 2.15. The lowest BCUT2D eigenvalue weighted by Gasteiger charge is -2.31. The molecule has 0 aliphatic carbocycles. The van der Waals surface area contributed by atoms with Crippen molar-refractivity contribution in [3.05, 3.63) is 0 Å². The molecule has 1 fully saturated rings. The standard InChI is InChI=1S/C9H20N2OS/c1-9(3-4-10-2)11-5-7-13(12)8-6-11/h9-10H,3-8H2,1-2H3. The van der Waals surface area contributed by atoms with Crippen molar-refractivity contribution in [1.29, 1.82) is 0 Å². The minimum Gasteiger partial charge on any atom is -0.320 e. The third-order valence-corrected chi connectivity index (χ3v) is 3.92. The molecule has 0 bridgehead atoms. The van der Waals surface area contributed by atoms with E-state index in [1.165, 1.54) is 6.42 Å². The van der Waals surface area contributed by atoms with Crippen LogP contribution in [-0.2, 0) is 10.8 Å². The van der Waals surface area contributed by atoms with E-state index in [4.69, 9.17) is 0 Å². The second-order valence-electron chi connectivity index (χ2n) is 3.63. The van der Waals surface area contributed by atoms with E-state index in [9.17, 15) is 4.21 Å². The van der Waals surface area contributed by atoms with E-state index in [0.29, 0.717) is 6.04 Å². The lowest BCUT2D eigenvalue weighted by atomic mass is 10.2. The Balaban J connectivity index is 2.23. The van der Waals surface area contributed by atoms with E-state index < -0.39 is 10.8 Å². The lowest BCUT2D eigenvalue weighted by Crippen LogP contribution is -2.43. The molecule has 1 N–H and O–H groups in total. The fraction of sp³-hybridized carbons (Fsp3) is 1.00. The van der Waals surface area contributed by atoms with E-state index in [2.05, 4.69) is 17.1 Å². The van der Waals surface area contributed by atoms with Crippen LogP contribution in [-0.4, -0.2) is 53.3 Å². The van der Waals surface area contributed by atoms with Crippen molar-refractivity contribution in [3.8, 4) is 0 Å². The zero-order valence-corrected chi connectivity index (χ0v) is 9.40. The maximum absolute atomic E-state index is 11.1. The van der Waals surface area contributed by atoms with Gasteiger partial charge in [0, 0.05) is 41.4 Å². The fourth-order valence-corrected chi connectivity index (χ4v) is 2.71. The molecule has 1 aliphatic heterocycles. The van der Waals surface area contributed by atoms with Gasteiger partial charge in [-0.2, -0.15) is 0 Å². The summed E-state index contributed by atoms with van der Waals surface area (Å²) in [7, 11) is 1.44. The molecule has 1 saturated heterocycles. The van der Waals surface area contributed by atoms with Gasteiger partial charge in [-0.15, -0.1) is 0 Å². The predicted octanol–water partition coefficient (Wildman–Crippen LogP) is 0.0487. The molecule has 78 valence electrons. The Hall–Kier alpha value is 0.0700. The van der Waals surface area contributed by atoms with E-state index >= 15 is 0 Å². The van der Waals surface area contributed by atoms with Gasteiger partial charge in [0.05, 0.1) is 0 Å². The molecule has 1 aliphatic rings. The van der Waals surface area contributed by atoms with E-state index in [1.807, 2.05) is 7.05 Å². The quantitative estimate of drug-likeness (QED) is 0.702. The molecule has 0 aromatic carbocycles. The van der Waals surface area contributed by atoms with Gasteiger partial charge in [-0.3, -0.25) is 9.11 Å². The number of rotatable bonds is 4. The summed E-state index contributed by atoms with van der Waals surface area (Å²) >= 11 is 0. The van der Waals surface area contributed by atoms with Gasteiger partial charge >= 0.3 is 0 Å². The molecule has 4 heteroatoms. The molecule has 1 unspecified atom stereocenters. The van der Waals surface area contributed by atoms with Crippen LogP contribution in [0.25, 0.3) is 0 Å². The van der Waals surface area contributed by atoms with Crippen LogP contribution in [0.15, 0.2) is 0 Å². The summed E-state index contributed by atoms with van der Waals surface area (Å²) in [6.45, 7) is 5.35. The first kappa shape index (κ1) is 11.1. The van der Waals surface area contributed by atoms with Gasteiger partial charge in [0.2, 0.25) is 0 Å². The highest BCUT2D eigenvalue weighted by molar-refractivity contribution is 7.85. The minimum atomic E-state index is -0.540. The van der Waals surface area contributed by atoms with Crippen LogP contribution in [0.2, 0.25) is 0 Å². The molecule has 0 amide bonds. The van der Waals surface area contributed by atoms with Crippen LogP contribution in [0.1, 0.15) is 13.3 Å². The van der Waals surface area contributed by atoms with Gasteiger partial charge < -0.3 is 5.32 Å². The smallest absolute Gasteiger partial charge is 0.0363 e. The zero-order valence-electron chi connectivity index (χ0n) is 8.58. The van der Waals surface area contributed by atoms with Crippen molar-refractivity contribution >= 4 is 10.8 Å². The van der Waals surface area contributed by atoms with Crippen LogP contribution >= 0.6 is 0 Å². The monoisotopic (exact) mass is 204 g/mol. The highest BCUT2D eigenvalue weighted by Crippen LogP contribution is 2.07. The summed E-state index contributed by atoms with van der Waals surface area (Å²) in [5.41, 5.74) is 0. The number of nitrogens with one attached hydrogen (secondary N) is 1. The van der Waals surface area contributed by atoms with Crippen molar-refractivity contribution in [2.24, 2.45) is 0 Å². The number of nitrogens with zero attached hydrogens (tertiary/aromatic N) is 1. The SMILES string of the molecule is CNCCC(C)N1CCS(=O)CC1. The van der Waals surface area contributed by atoms with Gasteiger partial charge in [0.25, 0.3) is 0 Å². The first-order valence-electron chi connectivity index (χ1n) is 4.97. The summed E-state index contributed by atoms with van der Waals surface area (Å²) in [6, 6.07) is 0.629. The largest absolute Gasteiger partial charge is 0.320 e. The van der Waals surface area contributed by atoms with Crippen LogP contribution in [0, 0.1) is 0 Å². The maximum Gasteiger partial charge on any atom is 0.0363 e. The highest BCUT2D eigenvalue weighted by Gasteiger charge is 2.19. The molecule has 3 nitrogen and oxygen atoms in total. The first-order chi connectivity index (χ1) is 6.24. The van der Waals surface area contributed by atoms with Crippen LogP contribution in [0.3, 0.4) is 0 Å². The predicted molar refractivity (Wildman–Crippen MR) is 57.5 cm³/mol. The van der Waals surface area contributed by atoms with Gasteiger partial charge in [-0.05, 0) is 26.9 Å². The van der Waals surface area contributed by atoms with Crippen molar-refractivity contribution < 1.29 is 4.21 Å². The summed E-state index contributed by atoms with van der Waals surface area (Å²) in [5.74, 6) is 1.73. The molecule has 1 atom stereocenters. The Labute approximate surface area is 83.3 Å². The molecule has 0 saturated carbocycles. The Bertz CT molecular complexity index is 165. The maximum atomic E-state index is 11.1. The second kappa shape index (κ2) is 5.73. The fourth-order valence-electron chi connectivity index (χ4n) is 1.63.